The lowest BCUT2D eigenvalue weighted by molar-refractivity contribution is -0.149. The third kappa shape index (κ3) is 4.14. The van der Waals surface area contributed by atoms with Crippen molar-refractivity contribution in [1.29, 1.82) is 0 Å². The third-order valence-corrected chi connectivity index (χ3v) is 6.08. The van der Waals surface area contributed by atoms with E-state index in [0.29, 0.717) is 30.1 Å². The molecule has 1 aliphatic rings. The summed E-state index contributed by atoms with van der Waals surface area (Å²) in [7, 11) is 0. The number of rotatable bonds is 5. The fourth-order valence-corrected chi connectivity index (χ4v) is 4.41. The lowest BCUT2D eigenvalue weighted by Crippen LogP contribution is -2.50. The summed E-state index contributed by atoms with van der Waals surface area (Å²) in [5.74, 6) is 0.301. The third-order valence-electron chi connectivity index (χ3n) is 6.08. The molecule has 4 heteroatoms. The Morgan fingerprint density at radius 1 is 1.00 bits per heavy atom. The minimum absolute atomic E-state index is 0.238. The van der Waals surface area contributed by atoms with Crippen molar-refractivity contribution in [2.24, 2.45) is 5.92 Å². The van der Waals surface area contributed by atoms with E-state index in [1.54, 1.807) is 0 Å². The number of nitrogens with zero attached hydrogens (tertiary/aromatic N) is 2. The molecule has 1 fully saturated rings. The van der Waals surface area contributed by atoms with Gasteiger partial charge in [-0.2, -0.15) is 0 Å². The first kappa shape index (κ1) is 20.3. The fourth-order valence-electron chi connectivity index (χ4n) is 4.41. The van der Waals surface area contributed by atoms with Gasteiger partial charge in [-0.3, -0.25) is 9.78 Å². The van der Waals surface area contributed by atoms with E-state index in [2.05, 4.69) is 17.1 Å². The van der Waals surface area contributed by atoms with E-state index in [0.717, 1.165) is 25.0 Å². The van der Waals surface area contributed by atoms with Crippen molar-refractivity contribution >= 4 is 5.91 Å². The average molecular weight is 401 g/mol. The van der Waals surface area contributed by atoms with Crippen molar-refractivity contribution in [1.82, 2.24) is 9.88 Å². The van der Waals surface area contributed by atoms with Gasteiger partial charge in [0.1, 0.15) is 0 Å². The van der Waals surface area contributed by atoms with Crippen LogP contribution in [0.4, 0.5) is 0 Å². The molecule has 1 saturated heterocycles. The van der Waals surface area contributed by atoms with Crippen LogP contribution in [0, 0.1) is 12.8 Å². The number of piperidine rings is 1. The van der Waals surface area contributed by atoms with E-state index in [1.807, 2.05) is 78.7 Å². The summed E-state index contributed by atoms with van der Waals surface area (Å²) >= 11 is 0. The Morgan fingerprint density at radius 3 is 2.10 bits per heavy atom. The Hall–Kier alpha value is -2.98. The first-order valence-electron chi connectivity index (χ1n) is 10.6. The number of carbonyl (C=O) groups excluding carboxylic acids is 1. The molecule has 0 bridgehead atoms. The number of aromatic nitrogens is 1. The van der Waals surface area contributed by atoms with E-state index in [9.17, 15) is 9.90 Å². The van der Waals surface area contributed by atoms with Gasteiger partial charge in [-0.1, -0.05) is 60.7 Å². The first-order valence-corrected chi connectivity index (χ1v) is 10.6. The molecule has 1 aromatic heterocycles. The van der Waals surface area contributed by atoms with Crippen LogP contribution >= 0.6 is 0 Å². The highest BCUT2D eigenvalue weighted by molar-refractivity contribution is 5.90. The molecule has 1 aliphatic heterocycles. The second-order valence-corrected chi connectivity index (χ2v) is 8.19. The molecule has 3 aromatic rings. The zero-order valence-corrected chi connectivity index (χ0v) is 17.4. The van der Waals surface area contributed by atoms with Crippen LogP contribution < -0.4 is 0 Å². The summed E-state index contributed by atoms with van der Waals surface area (Å²) in [5, 5.41) is 11.7. The van der Waals surface area contributed by atoms with E-state index in [4.69, 9.17) is 0 Å². The van der Waals surface area contributed by atoms with Crippen LogP contribution in [0.2, 0.25) is 0 Å². The second kappa shape index (κ2) is 8.80. The zero-order valence-electron chi connectivity index (χ0n) is 17.4. The Kier molecular flexibility index (Phi) is 5.96. The molecule has 2 aromatic carbocycles. The van der Waals surface area contributed by atoms with Crippen molar-refractivity contribution < 1.29 is 9.90 Å². The number of aryl methyl sites for hydroxylation is 1. The number of pyridine rings is 1. The Morgan fingerprint density at radius 2 is 1.57 bits per heavy atom. The number of carbonyl (C=O) groups is 1. The number of benzene rings is 2. The summed E-state index contributed by atoms with van der Waals surface area (Å²) in [5.41, 5.74) is 1.89. The summed E-state index contributed by atoms with van der Waals surface area (Å²) in [6.45, 7) is 3.34. The van der Waals surface area contributed by atoms with Crippen LogP contribution in [0.5, 0.6) is 0 Å². The molecule has 0 unspecified atom stereocenters. The first-order chi connectivity index (χ1) is 14.6. The van der Waals surface area contributed by atoms with Crippen molar-refractivity contribution in [3.05, 3.63) is 101 Å². The largest absolute Gasteiger partial charge is 0.372 e. The van der Waals surface area contributed by atoms with Crippen molar-refractivity contribution in [2.45, 2.75) is 31.8 Å². The quantitative estimate of drug-likeness (QED) is 0.701. The lowest BCUT2D eigenvalue weighted by atomic mass is 9.83. The number of hydrogen-bond acceptors (Lipinski definition) is 3. The highest BCUT2D eigenvalue weighted by Crippen LogP contribution is 2.33. The van der Waals surface area contributed by atoms with Gasteiger partial charge in [-0.25, -0.2) is 0 Å². The SMILES string of the molecule is Cc1cc(CC2CCN(C(=O)C(O)(c3ccccc3)c3ccccc3)CC2)ccn1. The van der Waals surface area contributed by atoms with Crippen LogP contribution in [0.15, 0.2) is 79.0 Å². The number of amides is 1. The molecule has 0 radical (unpaired) electrons. The highest BCUT2D eigenvalue weighted by Gasteiger charge is 2.43. The predicted molar refractivity (Wildman–Crippen MR) is 118 cm³/mol. The Bertz CT molecular complexity index is 941. The molecular formula is C26H28N2O2. The van der Waals surface area contributed by atoms with Gasteiger partial charge in [0.25, 0.3) is 5.91 Å². The maximum atomic E-state index is 13.6. The van der Waals surface area contributed by atoms with E-state index >= 15 is 0 Å². The van der Waals surface area contributed by atoms with Crippen LogP contribution in [-0.4, -0.2) is 34.0 Å². The van der Waals surface area contributed by atoms with Crippen molar-refractivity contribution in [2.75, 3.05) is 13.1 Å². The summed E-state index contributed by atoms with van der Waals surface area (Å²) in [6, 6.07) is 22.7. The molecule has 1 N–H and O–H groups in total. The minimum atomic E-state index is -1.67. The molecule has 0 saturated carbocycles. The monoisotopic (exact) mass is 400 g/mol. The molecule has 1 amide bonds. The summed E-state index contributed by atoms with van der Waals surface area (Å²) in [6.07, 6.45) is 4.75. The average Bonchev–Trinajstić information content (AvgIpc) is 2.80. The second-order valence-electron chi connectivity index (χ2n) is 8.19. The minimum Gasteiger partial charge on any atom is -0.372 e. The van der Waals surface area contributed by atoms with Crippen LogP contribution in [-0.2, 0) is 16.8 Å². The molecule has 0 aliphatic carbocycles. The summed E-state index contributed by atoms with van der Waals surface area (Å²) in [4.78, 5) is 19.7. The van der Waals surface area contributed by atoms with Gasteiger partial charge in [0, 0.05) is 25.0 Å². The highest BCUT2D eigenvalue weighted by atomic mass is 16.3. The van der Waals surface area contributed by atoms with E-state index in [-0.39, 0.29) is 5.91 Å². The number of likely N-dealkylation sites (tertiary alicyclic amines) is 1. The fraction of sp³-hybridized carbons (Fsp3) is 0.308. The molecule has 30 heavy (non-hydrogen) atoms. The zero-order chi connectivity index (χ0) is 21.0. The Balaban J connectivity index is 1.51. The molecule has 0 spiro atoms. The number of aliphatic hydroxyl groups is 1. The van der Waals surface area contributed by atoms with Crippen LogP contribution in [0.25, 0.3) is 0 Å². The maximum Gasteiger partial charge on any atom is 0.263 e. The molecule has 4 rings (SSSR count). The lowest BCUT2D eigenvalue weighted by Gasteiger charge is -2.38. The van der Waals surface area contributed by atoms with Crippen molar-refractivity contribution in [3.8, 4) is 0 Å². The normalized spacial score (nSPS) is 15.2. The van der Waals surface area contributed by atoms with Gasteiger partial charge in [0.2, 0.25) is 0 Å². The van der Waals surface area contributed by atoms with E-state index in [1.165, 1.54) is 5.56 Å². The van der Waals surface area contributed by atoms with Gasteiger partial charge in [0.15, 0.2) is 5.60 Å². The topological polar surface area (TPSA) is 53.4 Å². The smallest absolute Gasteiger partial charge is 0.263 e. The van der Waals surface area contributed by atoms with Gasteiger partial charge in [0.05, 0.1) is 0 Å². The maximum absolute atomic E-state index is 13.6. The molecule has 2 heterocycles. The standard InChI is InChI=1S/C26H28N2O2/c1-20-18-22(12-15-27-20)19-21-13-16-28(17-14-21)25(29)26(30,23-8-4-2-5-9-23)24-10-6-3-7-11-24/h2-12,15,18,21,30H,13-14,16-17,19H2,1H3. The summed E-state index contributed by atoms with van der Waals surface area (Å²) < 4.78 is 0. The van der Waals surface area contributed by atoms with Crippen molar-refractivity contribution in [3.63, 3.8) is 0 Å². The molecular weight excluding hydrogens is 372 g/mol. The Labute approximate surface area is 178 Å². The van der Waals surface area contributed by atoms with Gasteiger partial charge in [-0.15, -0.1) is 0 Å². The van der Waals surface area contributed by atoms with Crippen LogP contribution in [0.1, 0.15) is 35.2 Å². The molecule has 154 valence electrons. The van der Waals surface area contributed by atoms with E-state index < -0.39 is 5.60 Å². The number of hydrogen-bond donors (Lipinski definition) is 1. The molecule has 0 atom stereocenters. The predicted octanol–water partition coefficient (Wildman–Crippen LogP) is 4.11. The van der Waals surface area contributed by atoms with Crippen LogP contribution in [0.3, 0.4) is 0 Å². The van der Waals surface area contributed by atoms with Gasteiger partial charge < -0.3 is 10.0 Å². The van der Waals surface area contributed by atoms with Gasteiger partial charge >= 0.3 is 0 Å². The molecule has 4 nitrogen and oxygen atoms in total. The van der Waals surface area contributed by atoms with Gasteiger partial charge in [-0.05, 0) is 60.9 Å².